The average molecular weight is 314 g/mol. The number of benzene rings is 1. The van der Waals surface area contributed by atoms with E-state index in [2.05, 4.69) is 46.8 Å². The summed E-state index contributed by atoms with van der Waals surface area (Å²) in [7, 11) is 0. The minimum Gasteiger partial charge on any atom is -0.478 e. The Bertz CT molecular complexity index is 627. The molecular formula is C19H26N2O2. The van der Waals surface area contributed by atoms with E-state index in [0.717, 1.165) is 11.8 Å². The highest BCUT2D eigenvalue weighted by Crippen LogP contribution is 2.35. The minimum absolute atomic E-state index is 0.0610. The fraction of sp³-hybridized carbons (Fsp3) is 0.579. The molecule has 2 aliphatic heterocycles. The second-order valence-corrected chi connectivity index (χ2v) is 7.92. The first kappa shape index (κ1) is 16.0. The molecule has 0 fully saturated rings. The number of rotatable bonds is 3. The summed E-state index contributed by atoms with van der Waals surface area (Å²) >= 11 is 0. The van der Waals surface area contributed by atoms with Gasteiger partial charge in [0, 0.05) is 0 Å². The van der Waals surface area contributed by atoms with Gasteiger partial charge in [-0.2, -0.15) is 0 Å². The molecule has 0 aliphatic carbocycles. The van der Waals surface area contributed by atoms with Gasteiger partial charge >= 0.3 is 0 Å². The van der Waals surface area contributed by atoms with Gasteiger partial charge in [-0.25, -0.2) is 9.98 Å². The molecule has 0 spiro atoms. The monoisotopic (exact) mass is 314 g/mol. The van der Waals surface area contributed by atoms with Crippen molar-refractivity contribution >= 4 is 11.8 Å². The minimum atomic E-state index is -0.427. The van der Waals surface area contributed by atoms with Gasteiger partial charge in [-0.1, -0.05) is 51.1 Å². The van der Waals surface area contributed by atoms with Crippen molar-refractivity contribution in [3.8, 4) is 0 Å². The Morgan fingerprint density at radius 2 is 1.48 bits per heavy atom. The largest absolute Gasteiger partial charge is 0.478 e. The zero-order valence-corrected chi connectivity index (χ0v) is 14.7. The molecule has 4 nitrogen and oxygen atoms in total. The van der Waals surface area contributed by atoms with Gasteiger partial charge in [0.15, 0.2) is 11.8 Å². The molecule has 1 aromatic carbocycles. The Morgan fingerprint density at radius 1 is 0.870 bits per heavy atom. The standard InChI is InChI=1S/C19H26N2O2/c1-18(2,3)15-12-23-17(21-15)19(4,5)16-20-14(11-22-16)13-9-7-6-8-10-13/h6-10,14-15H,11-12H2,1-5H3/t14-,15-/m1/s1. The maximum absolute atomic E-state index is 5.91. The van der Waals surface area contributed by atoms with Crippen LogP contribution in [-0.4, -0.2) is 31.1 Å². The number of nitrogens with zero attached hydrogens (tertiary/aromatic N) is 2. The molecule has 0 N–H and O–H groups in total. The predicted molar refractivity (Wildman–Crippen MR) is 93.0 cm³/mol. The van der Waals surface area contributed by atoms with Gasteiger partial charge in [-0.05, 0) is 24.8 Å². The molecule has 0 unspecified atom stereocenters. The Morgan fingerprint density at radius 3 is 2.09 bits per heavy atom. The molecule has 3 rings (SSSR count). The average Bonchev–Trinajstić information content (AvgIpc) is 3.18. The lowest BCUT2D eigenvalue weighted by Gasteiger charge is -2.23. The van der Waals surface area contributed by atoms with Gasteiger partial charge in [0.05, 0.1) is 6.04 Å². The molecule has 0 saturated carbocycles. The van der Waals surface area contributed by atoms with Crippen LogP contribution >= 0.6 is 0 Å². The van der Waals surface area contributed by atoms with E-state index in [-0.39, 0.29) is 17.5 Å². The quantitative estimate of drug-likeness (QED) is 0.845. The van der Waals surface area contributed by atoms with Crippen molar-refractivity contribution in [2.24, 2.45) is 20.8 Å². The second kappa shape index (κ2) is 5.66. The molecule has 2 atom stereocenters. The van der Waals surface area contributed by atoms with Crippen LogP contribution in [0.5, 0.6) is 0 Å². The highest BCUT2D eigenvalue weighted by atomic mass is 16.5. The van der Waals surface area contributed by atoms with Gasteiger partial charge < -0.3 is 9.47 Å². The fourth-order valence-electron chi connectivity index (χ4n) is 2.81. The van der Waals surface area contributed by atoms with Crippen molar-refractivity contribution in [1.29, 1.82) is 0 Å². The summed E-state index contributed by atoms with van der Waals surface area (Å²) in [4.78, 5) is 9.60. The van der Waals surface area contributed by atoms with Crippen LogP contribution in [-0.2, 0) is 9.47 Å². The number of aliphatic imine (C=N–C) groups is 2. The molecule has 2 heterocycles. The zero-order chi connectivity index (χ0) is 16.7. The van der Waals surface area contributed by atoms with Gasteiger partial charge in [0.2, 0.25) is 0 Å². The van der Waals surface area contributed by atoms with E-state index in [1.165, 1.54) is 5.56 Å². The van der Waals surface area contributed by atoms with E-state index >= 15 is 0 Å². The Hall–Kier alpha value is -1.84. The van der Waals surface area contributed by atoms with E-state index < -0.39 is 5.41 Å². The van der Waals surface area contributed by atoms with Crippen molar-refractivity contribution in [3.05, 3.63) is 35.9 Å². The number of hydrogen-bond acceptors (Lipinski definition) is 4. The third kappa shape index (κ3) is 3.12. The molecule has 1 aromatic rings. The summed E-state index contributed by atoms with van der Waals surface area (Å²) in [5.74, 6) is 1.46. The number of ether oxygens (including phenoxy) is 2. The lowest BCUT2D eigenvalue weighted by Crippen LogP contribution is -2.34. The van der Waals surface area contributed by atoms with Gasteiger partial charge in [0.1, 0.15) is 24.7 Å². The van der Waals surface area contributed by atoms with Gasteiger partial charge in [-0.3, -0.25) is 0 Å². The summed E-state index contributed by atoms with van der Waals surface area (Å²) in [6.45, 7) is 11.9. The SMILES string of the molecule is CC(C)(C1=N[C@@H](c2ccccc2)CO1)C1=N[C@@H](C(C)(C)C)CO1. The summed E-state index contributed by atoms with van der Waals surface area (Å²) in [5.41, 5.74) is 0.854. The summed E-state index contributed by atoms with van der Waals surface area (Å²) in [6, 6.07) is 10.5. The second-order valence-electron chi connectivity index (χ2n) is 7.92. The van der Waals surface area contributed by atoms with Crippen LogP contribution in [0.1, 0.15) is 46.2 Å². The molecule has 0 aromatic heterocycles. The van der Waals surface area contributed by atoms with E-state index in [1.807, 2.05) is 18.2 Å². The van der Waals surface area contributed by atoms with Crippen molar-refractivity contribution in [3.63, 3.8) is 0 Å². The molecule has 124 valence electrons. The third-order valence-electron chi connectivity index (χ3n) is 4.56. The summed E-state index contributed by atoms with van der Waals surface area (Å²) in [6.07, 6.45) is 0. The van der Waals surface area contributed by atoms with Gasteiger partial charge in [-0.15, -0.1) is 0 Å². The van der Waals surface area contributed by atoms with E-state index in [9.17, 15) is 0 Å². The fourth-order valence-corrected chi connectivity index (χ4v) is 2.81. The van der Waals surface area contributed by atoms with Gasteiger partial charge in [0.25, 0.3) is 0 Å². The Labute approximate surface area is 138 Å². The lowest BCUT2D eigenvalue weighted by atomic mass is 9.88. The lowest BCUT2D eigenvalue weighted by molar-refractivity contribution is 0.222. The molecule has 0 saturated heterocycles. The Kier molecular flexibility index (Phi) is 3.95. The molecule has 0 amide bonds. The van der Waals surface area contributed by atoms with Crippen LogP contribution in [0.15, 0.2) is 40.3 Å². The first-order valence-corrected chi connectivity index (χ1v) is 8.25. The van der Waals surface area contributed by atoms with Crippen molar-refractivity contribution < 1.29 is 9.47 Å². The zero-order valence-electron chi connectivity index (χ0n) is 14.7. The molecule has 0 bridgehead atoms. The van der Waals surface area contributed by atoms with Crippen molar-refractivity contribution in [1.82, 2.24) is 0 Å². The maximum Gasteiger partial charge on any atom is 0.199 e. The summed E-state index contributed by atoms with van der Waals surface area (Å²) < 4.78 is 11.8. The van der Waals surface area contributed by atoms with Crippen LogP contribution < -0.4 is 0 Å². The number of hydrogen-bond donors (Lipinski definition) is 0. The predicted octanol–water partition coefficient (Wildman–Crippen LogP) is 4.03. The smallest absolute Gasteiger partial charge is 0.199 e. The molecule has 23 heavy (non-hydrogen) atoms. The molecular weight excluding hydrogens is 288 g/mol. The molecule has 0 radical (unpaired) electrons. The molecule has 4 heteroatoms. The third-order valence-corrected chi connectivity index (χ3v) is 4.56. The van der Waals surface area contributed by atoms with E-state index in [0.29, 0.717) is 13.2 Å². The van der Waals surface area contributed by atoms with Crippen LogP contribution in [0, 0.1) is 10.8 Å². The first-order valence-electron chi connectivity index (χ1n) is 8.25. The summed E-state index contributed by atoms with van der Waals surface area (Å²) in [5, 5.41) is 0. The topological polar surface area (TPSA) is 43.2 Å². The highest BCUT2D eigenvalue weighted by Gasteiger charge is 2.43. The van der Waals surface area contributed by atoms with E-state index in [1.54, 1.807) is 0 Å². The van der Waals surface area contributed by atoms with Crippen LogP contribution in [0.3, 0.4) is 0 Å². The van der Waals surface area contributed by atoms with Crippen molar-refractivity contribution in [2.45, 2.75) is 46.7 Å². The normalized spacial score (nSPS) is 24.7. The first-order chi connectivity index (χ1) is 10.8. The Balaban J connectivity index is 1.81. The highest BCUT2D eigenvalue weighted by molar-refractivity contribution is 6.05. The van der Waals surface area contributed by atoms with Crippen LogP contribution in [0.4, 0.5) is 0 Å². The maximum atomic E-state index is 5.91. The molecule has 2 aliphatic rings. The van der Waals surface area contributed by atoms with Crippen LogP contribution in [0.2, 0.25) is 0 Å². The van der Waals surface area contributed by atoms with Crippen molar-refractivity contribution in [2.75, 3.05) is 13.2 Å². The van der Waals surface area contributed by atoms with Crippen LogP contribution in [0.25, 0.3) is 0 Å². The van der Waals surface area contributed by atoms with E-state index in [4.69, 9.17) is 19.5 Å².